The fourth-order valence-electron chi connectivity index (χ4n) is 2.25. The molecule has 0 aliphatic carbocycles. The number of benzene rings is 2. The van der Waals surface area contributed by atoms with Crippen molar-refractivity contribution in [3.8, 4) is 0 Å². The predicted molar refractivity (Wildman–Crippen MR) is 79.2 cm³/mol. The average Bonchev–Trinajstić information content (AvgIpc) is 2.33. The summed E-state index contributed by atoms with van der Waals surface area (Å²) >= 11 is 0. The number of hydrogen-bond acceptors (Lipinski definition) is 1. The maximum atomic E-state index is 3.55. The van der Waals surface area contributed by atoms with Crippen LogP contribution in [0.1, 0.15) is 27.8 Å². The van der Waals surface area contributed by atoms with Crippen LogP contribution in [0.15, 0.2) is 36.4 Å². The van der Waals surface area contributed by atoms with Crippen LogP contribution in [0, 0.1) is 27.7 Å². The van der Waals surface area contributed by atoms with E-state index in [0.29, 0.717) is 0 Å². The Balaban J connectivity index is 2.19. The molecule has 94 valence electrons. The zero-order valence-electron chi connectivity index (χ0n) is 11.7. The summed E-state index contributed by atoms with van der Waals surface area (Å²) in [4.78, 5) is 0. The molecule has 2 aromatic carbocycles. The van der Waals surface area contributed by atoms with Crippen molar-refractivity contribution < 1.29 is 0 Å². The highest BCUT2D eigenvalue weighted by Crippen LogP contribution is 2.20. The summed E-state index contributed by atoms with van der Waals surface area (Å²) in [6, 6.07) is 12.9. The van der Waals surface area contributed by atoms with Crippen molar-refractivity contribution in [1.29, 1.82) is 0 Å². The van der Waals surface area contributed by atoms with Gasteiger partial charge < -0.3 is 5.32 Å². The molecule has 1 nitrogen and oxygen atoms in total. The van der Waals surface area contributed by atoms with Crippen molar-refractivity contribution >= 4 is 5.69 Å². The van der Waals surface area contributed by atoms with Gasteiger partial charge in [0.15, 0.2) is 0 Å². The van der Waals surface area contributed by atoms with Gasteiger partial charge in [-0.25, -0.2) is 0 Å². The van der Waals surface area contributed by atoms with E-state index in [9.17, 15) is 0 Å². The van der Waals surface area contributed by atoms with E-state index in [4.69, 9.17) is 0 Å². The molecule has 0 heterocycles. The van der Waals surface area contributed by atoms with Gasteiger partial charge in [0, 0.05) is 12.2 Å². The monoisotopic (exact) mass is 239 g/mol. The van der Waals surface area contributed by atoms with Crippen LogP contribution in [0.4, 0.5) is 5.69 Å². The summed E-state index contributed by atoms with van der Waals surface area (Å²) in [6.45, 7) is 9.56. The van der Waals surface area contributed by atoms with Gasteiger partial charge in [-0.1, -0.05) is 30.3 Å². The molecule has 0 fully saturated rings. The third-order valence-electron chi connectivity index (χ3n) is 3.70. The van der Waals surface area contributed by atoms with Crippen LogP contribution in [0.5, 0.6) is 0 Å². The molecule has 0 saturated heterocycles. The molecule has 1 N–H and O–H groups in total. The minimum atomic E-state index is 0.892. The third kappa shape index (κ3) is 2.56. The van der Waals surface area contributed by atoms with Gasteiger partial charge in [-0.15, -0.1) is 0 Å². The fraction of sp³-hybridized carbons (Fsp3) is 0.294. The summed E-state index contributed by atoms with van der Waals surface area (Å²) in [7, 11) is 0. The highest BCUT2D eigenvalue weighted by Gasteiger charge is 2.04. The minimum absolute atomic E-state index is 0.892. The number of aryl methyl sites for hydroxylation is 3. The van der Waals surface area contributed by atoms with Gasteiger partial charge in [-0.2, -0.15) is 0 Å². The zero-order chi connectivity index (χ0) is 13.1. The Morgan fingerprint density at radius 2 is 1.33 bits per heavy atom. The van der Waals surface area contributed by atoms with E-state index in [1.165, 1.54) is 33.5 Å². The molecule has 0 unspecified atom stereocenters. The molecular formula is C17H21N. The highest BCUT2D eigenvalue weighted by molar-refractivity contribution is 5.54. The summed E-state index contributed by atoms with van der Waals surface area (Å²) in [5, 5.41) is 3.55. The smallest absolute Gasteiger partial charge is 0.0406 e. The lowest BCUT2D eigenvalue weighted by atomic mass is 10.0. The Morgan fingerprint density at radius 1 is 0.778 bits per heavy atom. The first kappa shape index (κ1) is 12.7. The van der Waals surface area contributed by atoms with Gasteiger partial charge in [0.1, 0.15) is 0 Å². The maximum absolute atomic E-state index is 3.55. The van der Waals surface area contributed by atoms with Crippen LogP contribution >= 0.6 is 0 Å². The third-order valence-corrected chi connectivity index (χ3v) is 3.70. The second kappa shape index (κ2) is 5.26. The maximum Gasteiger partial charge on any atom is 0.0406 e. The molecule has 0 aromatic heterocycles. The molecule has 0 aliphatic rings. The average molecular weight is 239 g/mol. The zero-order valence-corrected chi connectivity index (χ0v) is 11.7. The lowest BCUT2D eigenvalue weighted by Crippen LogP contribution is -2.05. The molecule has 0 amide bonds. The van der Waals surface area contributed by atoms with Crippen LogP contribution in [0.2, 0.25) is 0 Å². The fourth-order valence-corrected chi connectivity index (χ4v) is 2.25. The SMILES string of the molecule is Cc1cccc(NCc2c(C)cccc2C)c1C. The Kier molecular flexibility index (Phi) is 3.71. The molecule has 2 aromatic rings. The van der Waals surface area contributed by atoms with Gasteiger partial charge in [0.05, 0.1) is 0 Å². The van der Waals surface area contributed by atoms with Crippen LogP contribution in [-0.2, 0) is 6.54 Å². The Labute approximate surface area is 110 Å². The quantitative estimate of drug-likeness (QED) is 0.829. The topological polar surface area (TPSA) is 12.0 Å². The van der Waals surface area contributed by atoms with E-state index in [2.05, 4.69) is 69.4 Å². The molecule has 18 heavy (non-hydrogen) atoms. The standard InChI is InChI=1S/C17H21N/c1-12-7-6-10-17(15(12)4)18-11-16-13(2)8-5-9-14(16)3/h5-10,18H,11H2,1-4H3. The molecule has 0 aliphatic heterocycles. The number of nitrogens with one attached hydrogen (secondary N) is 1. The van der Waals surface area contributed by atoms with E-state index in [1.807, 2.05) is 0 Å². The van der Waals surface area contributed by atoms with Gasteiger partial charge in [0.25, 0.3) is 0 Å². The van der Waals surface area contributed by atoms with Crippen molar-refractivity contribution in [2.24, 2.45) is 0 Å². The Bertz CT molecular complexity index is 535. The number of hydrogen-bond donors (Lipinski definition) is 1. The number of anilines is 1. The summed E-state index contributed by atoms with van der Waals surface area (Å²) < 4.78 is 0. The Hall–Kier alpha value is -1.76. The van der Waals surface area contributed by atoms with E-state index in [-0.39, 0.29) is 0 Å². The van der Waals surface area contributed by atoms with Gasteiger partial charge >= 0.3 is 0 Å². The molecule has 0 bridgehead atoms. The summed E-state index contributed by atoms with van der Waals surface area (Å²) in [5.74, 6) is 0. The predicted octanol–water partition coefficient (Wildman–Crippen LogP) is 4.53. The lowest BCUT2D eigenvalue weighted by molar-refractivity contribution is 1.08. The molecule has 0 atom stereocenters. The normalized spacial score (nSPS) is 10.4. The van der Waals surface area contributed by atoms with Crippen LogP contribution in [0.3, 0.4) is 0 Å². The van der Waals surface area contributed by atoms with Crippen molar-refractivity contribution in [1.82, 2.24) is 0 Å². The Morgan fingerprint density at radius 3 is 2.00 bits per heavy atom. The van der Waals surface area contributed by atoms with Crippen LogP contribution < -0.4 is 5.32 Å². The van der Waals surface area contributed by atoms with E-state index in [0.717, 1.165) is 6.54 Å². The molecule has 2 rings (SSSR count). The van der Waals surface area contributed by atoms with Crippen LogP contribution in [-0.4, -0.2) is 0 Å². The van der Waals surface area contributed by atoms with Crippen molar-refractivity contribution in [3.63, 3.8) is 0 Å². The summed E-state index contributed by atoms with van der Waals surface area (Å²) in [6.07, 6.45) is 0. The largest absolute Gasteiger partial charge is 0.381 e. The van der Waals surface area contributed by atoms with Gasteiger partial charge in [-0.3, -0.25) is 0 Å². The summed E-state index contributed by atoms with van der Waals surface area (Å²) in [5.41, 5.74) is 8.02. The number of rotatable bonds is 3. The van der Waals surface area contributed by atoms with E-state index >= 15 is 0 Å². The molecule has 1 heteroatoms. The first-order valence-electron chi connectivity index (χ1n) is 6.45. The molecular weight excluding hydrogens is 218 g/mol. The molecule has 0 spiro atoms. The lowest BCUT2D eigenvalue weighted by Gasteiger charge is -2.14. The van der Waals surface area contributed by atoms with Crippen molar-refractivity contribution in [3.05, 3.63) is 64.2 Å². The first-order valence-corrected chi connectivity index (χ1v) is 6.45. The molecule has 0 radical (unpaired) electrons. The molecule has 0 saturated carbocycles. The first-order chi connectivity index (χ1) is 8.59. The van der Waals surface area contributed by atoms with Crippen LogP contribution in [0.25, 0.3) is 0 Å². The van der Waals surface area contributed by atoms with Gasteiger partial charge in [0.2, 0.25) is 0 Å². The van der Waals surface area contributed by atoms with E-state index < -0.39 is 0 Å². The second-order valence-electron chi connectivity index (χ2n) is 4.97. The highest BCUT2D eigenvalue weighted by atomic mass is 14.9. The minimum Gasteiger partial charge on any atom is -0.381 e. The second-order valence-corrected chi connectivity index (χ2v) is 4.97. The van der Waals surface area contributed by atoms with E-state index in [1.54, 1.807) is 0 Å². The van der Waals surface area contributed by atoms with Gasteiger partial charge in [-0.05, 0) is 61.6 Å². The van der Waals surface area contributed by atoms with Crippen molar-refractivity contribution in [2.45, 2.75) is 34.2 Å². The van der Waals surface area contributed by atoms with Crippen molar-refractivity contribution in [2.75, 3.05) is 5.32 Å².